The summed E-state index contributed by atoms with van der Waals surface area (Å²) in [4.78, 5) is 0. The summed E-state index contributed by atoms with van der Waals surface area (Å²) in [7, 11) is 0. The van der Waals surface area contributed by atoms with Crippen molar-refractivity contribution in [2.45, 2.75) is 33.5 Å². The maximum atomic E-state index is 9.99. The van der Waals surface area contributed by atoms with Crippen molar-refractivity contribution in [1.82, 2.24) is 0 Å². The fourth-order valence-corrected chi connectivity index (χ4v) is 1.95. The van der Waals surface area contributed by atoms with Gasteiger partial charge in [-0.05, 0) is 33.1 Å². The van der Waals surface area contributed by atoms with E-state index in [1.165, 1.54) is 6.26 Å². The minimum atomic E-state index is -0.939. The molecule has 2 nitrogen and oxygen atoms in total. The molecule has 0 bridgehead atoms. The van der Waals surface area contributed by atoms with E-state index in [4.69, 9.17) is 4.74 Å². The van der Waals surface area contributed by atoms with E-state index in [-0.39, 0.29) is 11.8 Å². The minimum absolute atomic E-state index is 0.0833. The Morgan fingerprint density at radius 3 is 2.00 bits per heavy atom. The van der Waals surface area contributed by atoms with Crippen LogP contribution < -0.4 is 0 Å². The molecule has 0 aliphatic rings. The number of aliphatic hydroxyl groups excluding tert-OH is 1. The Morgan fingerprint density at radius 1 is 1.18 bits per heavy atom. The van der Waals surface area contributed by atoms with Crippen molar-refractivity contribution in [1.29, 1.82) is 0 Å². The maximum Gasteiger partial charge on any atom is 0.203 e. The smallest absolute Gasteiger partial charge is 0.203 e. The molecule has 0 saturated heterocycles. The fraction of sp³-hybridized carbons (Fsp3) is 0.467. The van der Waals surface area contributed by atoms with Gasteiger partial charge in [0, 0.05) is 5.92 Å². The van der Waals surface area contributed by atoms with Crippen LogP contribution in [0.5, 0.6) is 0 Å². The van der Waals surface area contributed by atoms with Gasteiger partial charge in [-0.15, -0.1) is 6.58 Å². The zero-order valence-electron chi connectivity index (χ0n) is 11.2. The molecule has 3 atom stereocenters. The summed E-state index contributed by atoms with van der Waals surface area (Å²) >= 11 is 0. The first-order valence-electron chi connectivity index (χ1n) is 5.70. The monoisotopic (exact) mass is 236 g/mol. The SMILES string of the molecule is C=COC(O)C(C(=C)C)C(CC(=C)C)C(=C)C. The summed E-state index contributed by atoms with van der Waals surface area (Å²) in [5.41, 5.74) is 2.91. The van der Waals surface area contributed by atoms with Crippen LogP contribution in [-0.4, -0.2) is 11.4 Å². The first-order valence-corrected chi connectivity index (χ1v) is 5.70. The molecule has 0 rings (SSSR count). The van der Waals surface area contributed by atoms with Crippen LogP contribution in [0.3, 0.4) is 0 Å². The number of allylic oxidation sites excluding steroid dienone is 2. The van der Waals surface area contributed by atoms with E-state index >= 15 is 0 Å². The lowest BCUT2D eigenvalue weighted by Crippen LogP contribution is -2.30. The molecule has 0 heterocycles. The lowest BCUT2D eigenvalue weighted by Gasteiger charge is -2.31. The molecule has 1 N–H and O–H groups in total. The fourth-order valence-electron chi connectivity index (χ4n) is 1.95. The Morgan fingerprint density at radius 2 is 1.71 bits per heavy atom. The standard InChI is InChI=1S/C15H24O2/c1-8-17-15(16)14(12(6)7)13(11(4)5)9-10(2)3/h8,13-16H,1-2,4,6,9H2,3,5,7H3. The van der Waals surface area contributed by atoms with Gasteiger partial charge < -0.3 is 9.84 Å². The number of hydrogen-bond acceptors (Lipinski definition) is 2. The van der Waals surface area contributed by atoms with Gasteiger partial charge in [0.15, 0.2) is 0 Å². The number of hydrogen-bond donors (Lipinski definition) is 1. The molecule has 0 aromatic carbocycles. The molecule has 17 heavy (non-hydrogen) atoms. The van der Waals surface area contributed by atoms with Crippen LogP contribution in [0, 0.1) is 11.8 Å². The highest BCUT2D eigenvalue weighted by Gasteiger charge is 2.30. The quantitative estimate of drug-likeness (QED) is 0.394. The molecule has 0 radical (unpaired) electrons. The van der Waals surface area contributed by atoms with Gasteiger partial charge in [-0.1, -0.05) is 36.5 Å². The van der Waals surface area contributed by atoms with Crippen LogP contribution in [0.25, 0.3) is 0 Å². The predicted molar refractivity (Wildman–Crippen MR) is 73.3 cm³/mol. The van der Waals surface area contributed by atoms with Gasteiger partial charge in [-0.2, -0.15) is 0 Å². The Balaban J connectivity index is 5.08. The largest absolute Gasteiger partial charge is 0.473 e. The molecule has 0 saturated carbocycles. The highest BCUT2D eigenvalue weighted by atomic mass is 16.6. The molecule has 3 unspecified atom stereocenters. The lowest BCUT2D eigenvalue weighted by atomic mass is 9.79. The van der Waals surface area contributed by atoms with Crippen LogP contribution in [0.1, 0.15) is 27.2 Å². The summed E-state index contributed by atoms with van der Waals surface area (Å²) < 4.78 is 5.07. The van der Waals surface area contributed by atoms with Crippen molar-refractivity contribution in [2.24, 2.45) is 11.8 Å². The summed E-state index contributed by atoms with van der Waals surface area (Å²) in [6.07, 6.45) is 1.08. The van der Waals surface area contributed by atoms with Gasteiger partial charge in [-0.25, -0.2) is 0 Å². The molecular weight excluding hydrogens is 212 g/mol. The van der Waals surface area contributed by atoms with Crippen LogP contribution in [0.2, 0.25) is 0 Å². The van der Waals surface area contributed by atoms with Crippen molar-refractivity contribution in [3.63, 3.8) is 0 Å². The van der Waals surface area contributed by atoms with E-state index in [2.05, 4.69) is 26.3 Å². The van der Waals surface area contributed by atoms with Crippen LogP contribution in [-0.2, 0) is 4.74 Å². The second-order valence-corrected chi connectivity index (χ2v) is 4.68. The molecule has 0 aliphatic heterocycles. The van der Waals surface area contributed by atoms with E-state index in [0.29, 0.717) is 0 Å². The summed E-state index contributed by atoms with van der Waals surface area (Å²) in [5.74, 6) is -0.109. The molecule has 2 heteroatoms. The highest BCUT2D eigenvalue weighted by Crippen LogP contribution is 2.33. The van der Waals surface area contributed by atoms with E-state index in [1.807, 2.05) is 20.8 Å². The molecule has 96 valence electrons. The van der Waals surface area contributed by atoms with Crippen molar-refractivity contribution >= 4 is 0 Å². The van der Waals surface area contributed by atoms with Crippen LogP contribution >= 0.6 is 0 Å². The molecule has 0 aromatic rings. The molecule has 0 spiro atoms. The van der Waals surface area contributed by atoms with Gasteiger partial charge in [0.1, 0.15) is 0 Å². The Labute approximate surface area is 105 Å². The maximum absolute atomic E-state index is 9.99. The third-order valence-corrected chi connectivity index (χ3v) is 2.75. The topological polar surface area (TPSA) is 29.5 Å². The third-order valence-electron chi connectivity index (χ3n) is 2.75. The highest BCUT2D eigenvalue weighted by molar-refractivity contribution is 5.13. The van der Waals surface area contributed by atoms with Crippen molar-refractivity contribution in [2.75, 3.05) is 0 Å². The summed E-state index contributed by atoms with van der Waals surface area (Å²) in [6, 6.07) is 0. The first kappa shape index (κ1) is 15.7. The average molecular weight is 236 g/mol. The van der Waals surface area contributed by atoms with E-state index in [1.54, 1.807) is 0 Å². The van der Waals surface area contributed by atoms with Crippen molar-refractivity contribution < 1.29 is 9.84 Å². The number of rotatable bonds is 8. The first-order chi connectivity index (χ1) is 7.81. The molecule has 0 aliphatic carbocycles. The second-order valence-electron chi connectivity index (χ2n) is 4.68. The molecule has 0 fully saturated rings. The van der Waals surface area contributed by atoms with E-state index in [9.17, 15) is 5.11 Å². The van der Waals surface area contributed by atoms with Crippen LogP contribution in [0.4, 0.5) is 0 Å². The van der Waals surface area contributed by atoms with Crippen molar-refractivity contribution in [3.05, 3.63) is 49.3 Å². The zero-order valence-corrected chi connectivity index (χ0v) is 11.2. The Kier molecular flexibility index (Phi) is 6.59. The molecule has 0 amide bonds. The van der Waals surface area contributed by atoms with Gasteiger partial charge in [0.25, 0.3) is 0 Å². The van der Waals surface area contributed by atoms with Crippen molar-refractivity contribution in [3.8, 4) is 0 Å². The molecular formula is C15H24O2. The summed E-state index contributed by atoms with van der Waals surface area (Å²) in [6.45, 7) is 21.1. The lowest BCUT2D eigenvalue weighted by molar-refractivity contribution is -0.0925. The Bertz CT molecular complexity index is 315. The van der Waals surface area contributed by atoms with Gasteiger partial charge in [0.2, 0.25) is 6.29 Å². The predicted octanol–water partition coefficient (Wildman–Crippen LogP) is 3.82. The minimum Gasteiger partial charge on any atom is -0.473 e. The summed E-state index contributed by atoms with van der Waals surface area (Å²) in [5, 5.41) is 9.99. The number of aliphatic hydroxyl groups is 1. The van der Waals surface area contributed by atoms with E-state index in [0.717, 1.165) is 23.1 Å². The Hall–Kier alpha value is -1.28. The number of ether oxygens (including phenoxy) is 1. The molecule has 0 aromatic heterocycles. The van der Waals surface area contributed by atoms with Crippen LogP contribution in [0.15, 0.2) is 49.3 Å². The van der Waals surface area contributed by atoms with Gasteiger partial charge in [-0.3, -0.25) is 0 Å². The second kappa shape index (κ2) is 7.13. The van der Waals surface area contributed by atoms with Gasteiger partial charge in [0.05, 0.1) is 6.26 Å². The normalized spacial score (nSPS) is 15.5. The third kappa shape index (κ3) is 5.05. The zero-order chi connectivity index (χ0) is 13.6. The van der Waals surface area contributed by atoms with E-state index < -0.39 is 6.29 Å². The van der Waals surface area contributed by atoms with Gasteiger partial charge >= 0.3 is 0 Å². The average Bonchev–Trinajstić information content (AvgIpc) is 2.15.